The molecule has 0 aliphatic carbocycles. The largest absolute Gasteiger partial charge is 0.506 e. The zero-order valence-corrected chi connectivity index (χ0v) is 10.5. The lowest BCUT2D eigenvalue weighted by Gasteiger charge is -2.12. The van der Waals surface area contributed by atoms with E-state index in [0.29, 0.717) is 11.3 Å². The van der Waals surface area contributed by atoms with Gasteiger partial charge in [-0.05, 0) is 24.5 Å². The van der Waals surface area contributed by atoms with E-state index in [0.717, 1.165) is 0 Å². The fourth-order valence-electron chi connectivity index (χ4n) is 1.29. The molecule has 1 atom stereocenters. The predicted molar refractivity (Wildman–Crippen MR) is 69.0 cm³/mol. The maximum Gasteiger partial charge on any atom is 0.228 e. The molecule has 0 unspecified atom stereocenters. The van der Waals surface area contributed by atoms with E-state index in [1.54, 1.807) is 11.8 Å². The zero-order chi connectivity index (χ0) is 12.8. The van der Waals surface area contributed by atoms with Gasteiger partial charge in [0.25, 0.3) is 0 Å². The van der Waals surface area contributed by atoms with Gasteiger partial charge in [0.05, 0.1) is 17.3 Å². The second kappa shape index (κ2) is 6.16. The van der Waals surface area contributed by atoms with Gasteiger partial charge in [0.1, 0.15) is 5.75 Å². The summed E-state index contributed by atoms with van der Waals surface area (Å²) in [7, 11) is 0. The summed E-state index contributed by atoms with van der Waals surface area (Å²) in [6, 6.07) is 6.31. The molecule has 0 spiro atoms. The van der Waals surface area contributed by atoms with Gasteiger partial charge in [-0.15, -0.1) is 0 Å². The van der Waals surface area contributed by atoms with Crippen LogP contribution in [0.25, 0.3) is 0 Å². The van der Waals surface area contributed by atoms with Crippen LogP contribution in [0.1, 0.15) is 12.5 Å². The molecule has 0 heterocycles. The lowest BCUT2D eigenvalue weighted by atomic mass is 10.1. The van der Waals surface area contributed by atoms with Gasteiger partial charge in [0.2, 0.25) is 5.91 Å². The van der Waals surface area contributed by atoms with E-state index in [1.807, 2.05) is 19.2 Å². The first kappa shape index (κ1) is 13.4. The molecule has 0 aromatic heterocycles. The number of phenols is 1. The van der Waals surface area contributed by atoms with Crippen molar-refractivity contribution < 1.29 is 9.90 Å². The second-order valence-electron chi connectivity index (χ2n) is 3.69. The summed E-state index contributed by atoms with van der Waals surface area (Å²) in [5.74, 6) is 0.374. The SMILES string of the molecule is CSC[C@H](C)C(=O)Nc1cc(C#N)ccc1O. The van der Waals surface area contributed by atoms with Crippen LogP contribution in [0.5, 0.6) is 5.75 Å². The van der Waals surface area contributed by atoms with Crippen LogP contribution in [0.3, 0.4) is 0 Å². The third-order valence-corrected chi connectivity index (χ3v) is 3.08. The summed E-state index contributed by atoms with van der Waals surface area (Å²) in [6.07, 6.45) is 1.93. The Morgan fingerprint density at radius 3 is 2.94 bits per heavy atom. The van der Waals surface area contributed by atoms with Crippen molar-refractivity contribution >= 4 is 23.4 Å². The lowest BCUT2D eigenvalue weighted by Crippen LogP contribution is -2.22. The first-order valence-corrected chi connectivity index (χ1v) is 6.50. The van der Waals surface area contributed by atoms with Crippen LogP contribution in [0.15, 0.2) is 18.2 Å². The predicted octanol–water partition coefficient (Wildman–Crippen LogP) is 2.20. The molecule has 90 valence electrons. The Morgan fingerprint density at radius 1 is 1.65 bits per heavy atom. The summed E-state index contributed by atoms with van der Waals surface area (Å²) in [4.78, 5) is 11.7. The van der Waals surface area contributed by atoms with E-state index < -0.39 is 0 Å². The molecular formula is C12H14N2O2S. The molecule has 0 fully saturated rings. The number of carbonyl (C=O) groups is 1. The number of thioether (sulfide) groups is 1. The normalized spacial score (nSPS) is 11.6. The van der Waals surface area contributed by atoms with Gasteiger partial charge in [0, 0.05) is 11.7 Å². The number of nitrogens with one attached hydrogen (secondary N) is 1. The fourth-order valence-corrected chi connectivity index (χ4v) is 1.94. The average Bonchev–Trinajstić information content (AvgIpc) is 2.32. The molecule has 4 nitrogen and oxygen atoms in total. The minimum Gasteiger partial charge on any atom is -0.506 e. The summed E-state index contributed by atoms with van der Waals surface area (Å²) < 4.78 is 0. The average molecular weight is 250 g/mol. The molecule has 0 aliphatic rings. The van der Waals surface area contributed by atoms with E-state index >= 15 is 0 Å². The number of nitriles is 1. The number of nitrogens with zero attached hydrogens (tertiary/aromatic N) is 1. The van der Waals surface area contributed by atoms with E-state index in [2.05, 4.69) is 5.32 Å². The number of hydrogen-bond acceptors (Lipinski definition) is 4. The third-order valence-electron chi connectivity index (χ3n) is 2.25. The Balaban J connectivity index is 2.81. The number of anilines is 1. The number of carbonyl (C=O) groups excluding carboxylic acids is 1. The Morgan fingerprint density at radius 2 is 2.35 bits per heavy atom. The van der Waals surface area contributed by atoms with E-state index in [9.17, 15) is 9.90 Å². The number of hydrogen-bond donors (Lipinski definition) is 2. The standard InChI is InChI=1S/C12H14N2O2S/c1-8(7-17-2)12(16)14-10-5-9(6-13)3-4-11(10)15/h3-5,8,15H,7H2,1-2H3,(H,14,16)/t8-/m0/s1. The van der Waals surface area contributed by atoms with Crippen molar-refractivity contribution in [2.75, 3.05) is 17.3 Å². The third kappa shape index (κ3) is 3.68. The molecule has 0 saturated heterocycles. The van der Waals surface area contributed by atoms with Crippen molar-refractivity contribution in [3.8, 4) is 11.8 Å². The van der Waals surface area contributed by atoms with Gasteiger partial charge < -0.3 is 10.4 Å². The highest BCUT2D eigenvalue weighted by Gasteiger charge is 2.14. The molecule has 0 aliphatic heterocycles. The number of benzene rings is 1. The minimum absolute atomic E-state index is 0.0336. The topological polar surface area (TPSA) is 73.1 Å². The smallest absolute Gasteiger partial charge is 0.228 e. The second-order valence-corrected chi connectivity index (χ2v) is 4.60. The quantitative estimate of drug-likeness (QED) is 0.803. The highest BCUT2D eigenvalue weighted by Crippen LogP contribution is 2.24. The number of aromatic hydroxyl groups is 1. The minimum atomic E-state index is -0.162. The van der Waals surface area contributed by atoms with Crippen LogP contribution in [0.2, 0.25) is 0 Å². The molecule has 0 saturated carbocycles. The molecule has 0 radical (unpaired) electrons. The lowest BCUT2D eigenvalue weighted by molar-refractivity contribution is -0.118. The Hall–Kier alpha value is -1.67. The maximum atomic E-state index is 11.7. The van der Waals surface area contributed by atoms with Crippen LogP contribution in [-0.2, 0) is 4.79 Å². The molecule has 17 heavy (non-hydrogen) atoms. The first-order chi connectivity index (χ1) is 8.08. The van der Waals surface area contributed by atoms with Crippen LogP contribution < -0.4 is 5.32 Å². The molecule has 1 aromatic carbocycles. The van der Waals surface area contributed by atoms with Gasteiger partial charge in [-0.3, -0.25) is 4.79 Å². The van der Waals surface area contributed by atoms with Gasteiger partial charge in [-0.1, -0.05) is 6.92 Å². The zero-order valence-electron chi connectivity index (χ0n) is 9.73. The molecular weight excluding hydrogens is 236 g/mol. The van der Waals surface area contributed by atoms with Crippen LogP contribution in [0.4, 0.5) is 5.69 Å². The van der Waals surface area contributed by atoms with Crippen molar-refractivity contribution in [1.82, 2.24) is 0 Å². The Labute approximate surface area is 105 Å². The van der Waals surface area contributed by atoms with Crippen LogP contribution in [0, 0.1) is 17.2 Å². The molecule has 0 bridgehead atoms. The van der Waals surface area contributed by atoms with Crippen molar-refractivity contribution in [1.29, 1.82) is 5.26 Å². The summed E-state index contributed by atoms with van der Waals surface area (Å²) in [5, 5.41) is 20.9. The highest BCUT2D eigenvalue weighted by molar-refractivity contribution is 7.98. The van der Waals surface area contributed by atoms with Crippen molar-refractivity contribution in [2.24, 2.45) is 5.92 Å². The highest BCUT2D eigenvalue weighted by atomic mass is 32.2. The van der Waals surface area contributed by atoms with Crippen LogP contribution >= 0.6 is 11.8 Å². The Kier molecular flexibility index (Phi) is 4.85. The number of amides is 1. The summed E-state index contributed by atoms with van der Waals surface area (Å²) >= 11 is 1.58. The first-order valence-electron chi connectivity index (χ1n) is 5.11. The van der Waals surface area contributed by atoms with E-state index in [-0.39, 0.29) is 23.3 Å². The fraction of sp³-hybridized carbons (Fsp3) is 0.333. The van der Waals surface area contributed by atoms with Gasteiger partial charge in [0.15, 0.2) is 0 Å². The summed E-state index contributed by atoms with van der Waals surface area (Å²) in [5.41, 5.74) is 0.678. The van der Waals surface area contributed by atoms with Gasteiger partial charge in [-0.25, -0.2) is 0 Å². The van der Waals surface area contributed by atoms with Crippen molar-refractivity contribution in [2.45, 2.75) is 6.92 Å². The molecule has 1 rings (SSSR count). The molecule has 1 aromatic rings. The van der Waals surface area contributed by atoms with E-state index in [4.69, 9.17) is 5.26 Å². The molecule has 2 N–H and O–H groups in total. The maximum absolute atomic E-state index is 11.7. The van der Waals surface area contributed by atoms with E-state index in [1.165, 1.54) is 18.2 Å². The van der Waals surface area contributed by atoms with Crippen molar-refractivity contribution in [3.63, 3.8) is 0 Å². The number of rotatable bonds is 4. The van der Waals surface area contributed by atoms with Gasteiger partial charge >= 0.3 is 0 Å². The number of phenolic OH excluding ortho intramolecular Hbond substituents is 1. The monoisotopic (exact) mass is 250 g/mol. The summed E-state index contributed by atoms with van der Waals surface area (Å²) in [6.45, 7) is 1.82. The molecule has 1 amide bonds. The van der Waals surface area contributed by atoms with Gasteiger partial charge in [-0.2, -0.15) is 17.0 Å². The van der Waals surface area contributed by atoms with Crippen LogP contribution in [-0.4, -0.2) is 23.0 Å². The Bertz CT molecular complexity index is 454. The molecule has 5 heteroatoms. The van der Waals surface area contributed by atoms with Crippen molar-refractivity contribution in [3.05, 3.63) is 23.8 Å².